The summed E-state index contributed by atoms with van der Waals surface area (Å²) in [5, 5.41) is 3.52. The first-order valence-electron chi connectivity index (χ1n) is 10.9. The highest BCUT2D eigenvalue weighted by atomic mass is 32.2. The van der Waals surface area contributed by atoms with Crippen molar-refractivity contribution >= 4 is 28.7 Å². The minimum absolute atomic E-state index is 0.0797. The summed E-state index contributed by atoms with van der Waals surface area (Å²) in [5.41, 5.74) is 3.91. The van der Waals surface area contributed by atoms with Gasteiger partial charge in [0.15, 0.2) is 5.16 Å². The van der Waals surface area contributed by atoms with Gasteiger partial charge in [-0.15, -0.1) is 0 Å². The van der Waals surface area contributed by atoms with Gasteiger partial charge in [0, 0.05) is 24.3 Å². The maximum absolute atomic E-state index is 13.3. The van der Waals surface area contributed by atoms with Crippen molar-refractivity contribution in [3.05, 3.63) is 76.7 Å². The molecule has 1 aliphatic carbocycles. The number of amides is 1. The summed E-state index contributed by atoms with van der Waals surface area (Å²) in [4.78, 5) is 33.8. The van der Waals surface area contributed by atoms with Crippen molar-refractivity contribution in [3.8, 4) is 16.9 Å². The van der Waals surface area contributed by atoms with Gasteiger partial charge in [0.2, 0.25) is 5.91 Å². The lowest BCUT2D eigenvalue weighted by Crippen LogP contribution is -2.26. The molecule has 2 aromatic heterocycles. The van der Waals surface area contributed by atoms with Gasteiger partial charge >= 0.3 is 0 Å². The Morgan fingerprint density at radius 2 is 2.03 bits per heavy atom. The average molecular weight is 461 g/mol. The molecular formula is C25H24N4O3S. The van der Waals surface area contributed by atoms with E-state index in [1.165, 1.54) is 11.8 Å². The maximum atomic E-state index is 13.3. The number of nitrogens with zero attached hydrogens (tertiary/aromatic N) is 2. The Morgan fingerprint density at radius 3 is 2.79 bits per heavy atom. The number of fused-ring (bicyclic) bond motifs is 1. The molecule has 2 heterocycles. The fourth-order valence-electron chi connectivity index (χ4n) is 3.81. The summed E-state index contributed by atoms with van der Waals surface area (Å²) >= 11 is 1.30. The maximum Gasteiger partial charge on any atom is 0.278 e. The van der Waals surface area contributed by atoms with Crippen LogP contribution in [0.4, 0.5) is 0 Å². The van der Waals surface area contributed by atoms with Crippen LogP contribution in [0.5, 0.6) is 5.75 Å². The zero-order valence-corrected chi connectivity index (χ0v) is 19.0. The van der Waals surface area contributed by atoms with Crippen molar-refractivity contribution in [2.24, 2.45) is 0 Å². The third-order valence-corrected chi connectivity index (χ3v) is 6.60. The van der Waals surface area contributed by atoms with Gasteiger partial charge in [-0.2, -0.15) is 0 Å². The number of hydrogen-bond donors (Lipinski definition) is 2. The SMILES string of the molecule is COc1cccc(CNC(=O)CSc2nc3c(-c4ccccc4)c[nH]c3c(=O)n2C2CC2)c1. The molecule has 5 rings (SSSR count). The van der Waals surface area contributed by atoms with E-state index in [0.717, 1.165) is 35.3 Å². The zero-order valence-electron chi connectivity index (χ0n) is 18.2. The molecule has 4 aromatic rings. The molecule has 0 saturated heterocycles. The molecule has 0 bridgehead atoms. The van der Waals surface area contributed by atoms with Gasteiger partial charge in [-0.1, -0.05) is 54.2 Å². The number of rotatable bonds is 8. The lowest BCUT2D eigenvalue weighted by Gasteiger charge is -2.12. The molecule has 1 aliphatic rings. The van der Waals surface area contributed by atoms with Gasteiger partial charge < -0.3 is 15.0 Å². The first-order valence-corrected chi connectivity index (χ1v) is 11.8. The van der Waals surface area contributed by atoms with Gasteiger partial charge in [-0.3, -0.25) is 14.2 Å². The van der Waals surface area contributed by atoms with Crippen LogP contribution in [0.25, 0.3) is 22.2 Å². The van der Waals surface area contributed by atoms with E-state index in [1.54, 1.807) is 11.7 Å². The van der Waals surface area contributed by atoms with Crippen molar-refractivity contribution < 1.29 is 9.53 Å². The molecule has 8 heteroatoms. The molecule has 7 nitrogen and oxygen atoms in total. The minimum atomic E-state index is -0.114. The molecule has 1 amide bonds. The molecule has 0 spiro atoms. The van der Waals surface area contributed by atoms with Gasteiger partial charge in [-0.05, 0) is 36.1 Å². The third-order valence-electron chi connectivity index (χ3n) is 5.65. The number of carbonyl (C=O) groups is 1. The normalized spacial score (nSPS) is 13.2. The Balaban J connectivity index is 1.37. The number of ether oxygens (including phenoxy) is 1. The highest BCUT2D eigenvalue weighted by Gasteiger charge is 2.29. The molecule has 2 aromatic carbocycles. The first kappa shape index (κ1) is 21.3. The molecule has 0 radical (unpaired) electrons. The summed E-state index contributed by atoms with van der Waals surface area (Å²) in [7, 11) is 1.62. The fraction of sp³-hybridized carbons (Fsp3) is 0.240. The molecule has 1 fully saturated rings. The number of carbonyl (C=O) groups excluding carboxylic acids is 1. The first-order chi connectivity index (χ1) is 16.1. The second-order valence-electron chi connectivity index (χ2n) is 8.01. The summed E-state index contributed by atoms with van der Waals surface area (Å²) in [6.07, 6.45) is 3.74. The van der Waals surface area contributed by atoms with Crippen LogP contribution in [0.3, 0.4) is 0 Å². The second-order valence-corrected chi connectivity index (χ2v) is 8.95. The summed E-state index contributed by atoms with van der Waals surface area (Å²) < 4.78 is 6.97. The predicted molar refractivity (Wildman–Crippen MR) is 130 cm³/mol. The van der Waals surface area contributed by atoms with Crippen molar-refractivity contribution in [3.63, 3.8) is 0 Å². The van der Waals surface area contributed by atoms with Gasteiger partial charge in [0.1, 0.15) is 16.8 Å². The Hall–Kier alpha value is -3.52. The predicted octanol–water partition coefficient (Wildman–Crippen LogP) is 4.14. The van der Waals surface area contributed by atoms with E-state index in [4.69, 9.17) is 9.72 Å². The van der Waals surface area contributed by atoms with Gasteiger partial charge in [-0.25, -0.2) is 4.98 Å². The number of nitrogens with one attached hydrogen (secondary N) is 2. The lowest BCUT2D eigenvalue weighted by atomic mass is 10.1. The molecule has 1 saturated carbocycles. The van der Waals surface area contributed by atoms with E-state index in [9.17, 15) is 9.59 Å². The van der Waals surface area contributed by atoms with E-state index in [2.05, 4.69) is 10.3 Å². The van der Waals surface area contributed by atoms with Crippen LogP contribution in [0, 0.1) is 0 Å². The van der Waals surface area contributed by atoms with Crippen LogP contribution in [-0.2, 0) is 11.3 Å². The summed E-state index contributed by atoms with van der Waals surface area (Å²) in [5.74, 6) is 0.819. The van der Waals surface area contributed by atoms with Gasteiger partial charge in [0.25, 0.3) is 5.56 Å². The number of H-pyrrole nitrogens is 1. The second kappa shape index (κ2) is 9.15. The monoisotopic (exact) mass is 460 g/mol. The van der Waals surface area contributed by atoms with Crippen LogP contribution in [-0.4, -0.2) is 33.3 Å². The molecule has 33 heavy (non-hydrogen) atoms. The number of benzene rings is 2. The highest BCUT2D eigenvalue weighted by molar-refractivity contribution is 7.99. The Morgan fingerprint density at radius 1 is 1.21 bits per heavy atom. The van der Waals surface area contributed by atoms with E-state index in [1.807, 2.05) is 60.8 Å². The van der Waals surface area contributed by atoms with E-state index < -0.39 is 0 Å². The quantitative estimate of drug-likeness (QED) is 0.305. The molecule has 2 N–H and O–H groups in total. The third kappa shape index (κ3) is 4.52. The standard InChI is InChI=1S/C25H24N4O3S/c1-32-19-9-5-6-16(12-19)13-26-21(30)15-33-25-28-22-20(17-7-3-2-4-8-17)14-27-23(22)24(31)29(25)18-10-11-18/h2-9,12,14,18,27H,10-11,13,15H2,1H3,(H,26,30). The van der Waals surface area contributed by atoms with Crippen molar-refractivity contribution in [1.82, 2.24) is 19.9 Å². The summed E-state index contributed by atoms with van der Waals surface area (Å²) in [6, 6.07) is 17.6. The molecule has 0 atom stereocenters. The lowest BCUT2D eigenvalue weighted by molar-refractivity contribution is -0.118. The number of aromatic amines is 1. The van der Waals surface area contributed by atoms with E-state index >= 15 is 0 Å². The Kier molecular flexibility index (Phi) is 5.92. The summed E-state index contributed by atoms with van der Waals surface area (Å²) in [6.45, 7) is 0.411. The Bertz CT molecular complexity index is 1360. The van der Waals surface area contributed by atoms with Crippen LogP contribution in [0.1, 0.15) is 24.4 Å². The Labute approximate surface area is 195 Å². The van der Waals surface area contributed by atoms with Crippen LogP contribution in [0.15, 0.2) is 70.7 Å². The van der Waals surface area contributed by atoms with Crippen LogP contribution >= 0.6 is 11.8 Å². The number of hydrogen-bond acceptors (Lipinski definition) is 5. The average Bonchev–Trinajstić information content (AvgIpc) is 3.59. The minimum Gasteiger partial charge on any atom is -0.497 e. The van der Waals surface area contributed by atoms with Crippen molar-refractivity contribution in [2.45, 2.75) is 30.6 Å². The molecule has 0 aliphatic heterocycles. The highest BCUT2D eigenvalue weighted by Crippen LogP contribution is 2.37. The largest absolute Gasteiger partial charge is 0.497 e. The number of aromatic nitrogens is 3. The smallest absolute Gasteiger partial charge is 0.278 e. The van der Waals surface area contributed by atoms with E-state index in [-0.39, 0.29) is 23.3 Å². The number of methoxy groups -OCH3 is 1. The van der Waals surface area contributed by atoms with E-state index in [0.29, 0.717) is 22.7 Å². The van der Waals surface area contributed by atoms with Gasteiger partial charge in [0.05, 0.1) is 12.9 Å². The molecule has 168 valence electrons. The zero-order chi connectivity index (χ0) is 22.8. The van der Waals surface area contributed by atoms with Crippen molar-refractivity contribution in [1.29, 1.82) is 0 Å². The van der Waals surface area contributed by atoms with Crippen LogP contribution < -0.4 is 15.6 Å². The molecule has 0 unspecified atom stereocenters. The topological polar surface area (TPSA) is 89.0 Å². The molecular weight excluding hydrogens is 436 g/mol. The number of thioether (sulfide) groups is 1. The van der Waals surface area contributed by atoms with Crippen molar-refractivity contribution in [2.75, 3.05) is 12.9 Å². The van der Waals surface area contributed by atoms with Crippen LogP contribution in [0.2, 0.25) is 0 Å². The fourth-order valence-corrected chi connectivity index (χ4v) is 4.70.